The summed E-state index contributed by atoms with van der Waals surface area (Å²) in [5.41, 5.74) is 21.6. The predicted octanol–water partition coefficient (Wildman–Crippen LogP) is 15.8. The van der Waals surface area contributed by atoms with Gasteiger partial charge in [0.1, 0.15) is 0 Å². The van der Waals surface area contributed by atoms with E-state index < -0.39 is 0 Å². The Morgan fingerprint density at radius 2 is 0.967 bits per heavy atom. The molecule has 6 aliphatic carbocycles. The molecular weight excluding hydrogens is 735 g/mol. The molecule has 0 aromatic heterocycles. The van der Waals surface area contributed by atoms with E-state index in [2.05, 4.69) is 196 Å². The van der Waals surface area contributed by atoms with E-state index in [0.717, 1.165) is 23.7 Å². The maximum Gasteiger partial charge on any atom is 0.0464 e. The fourth-order valence-electron chi connectivity index (χ4n) is 14.9. The van der Waals surface area contributed by atoms with E-state index in [4.69, 9.17) is 0 Å². The molecule has 0 N–H and O–H groups in total. The number of anilines is 3. The predicted molar refractivity (Wildman–Crippen MR) is 254 cm³/mol. The number of benzene rings is 7. The average Bonchev–Trinajstić information content (AvgIpc) is 3.93. The fourth-order valence-corrected chi connectivity index (χ4v) is 14.9. The van der Waals surface area contributed by atoms with Crippen LogP contribution >= 0.6 is 0 Å². The zero-order valence-electron chi connectivity index (χ0n) is 36.1. The minimum Gasteiger partial charge on any atom is -0.310 e. The molecule has 0 saturated heterocycles. The number of rotatable bonds is 6. The summed E-state index contributed by atoms with van der Waals surface area (Å²) in [5, 5.41) is 0. The van der Waals surface area contributed by atoms with Crippen molar-refractivity contribution in [2.45, 2.75) is 82.5 Å². The van der Waals surface area contributed by atoms with Gasteiger partial charge in [-0.05, 0) is 188 Å². The normalized spacial score (nSPS) is 27.3. The lowest BCUT2D eigenvalue weighted by molar-refractivity contribution is -0.231. The number of nitrogens with zero attached hydrogens (tertiary/aromatic N) is 1. The molecule has 7 aromatic rings. The van der Waals surface area contributed by atoms with Crippen molar-refractivity contribution in [1.29, 1.82) is 0 Å². The first-order valence-electron chi connectivity index (χ1n) is 23.2. The minimum atomic E-state index is 0.116. The monoisotopic (exact) mass is 789 g/mol. The second-order valence-corrected chi connectivity index (χ2v) is 21.2. The molecule has 0 amide bonds. The molecule has 6 aliphatic rings. The Kier molecular flexibility index (Phi) is 7.37. The molecule has 1 nitrogen and oxygen atoms in total. The summed E-state index contributed by atoms with van der Waals surface area (Å²) < 4.78 is 0. The molecule has 2 bridgehead atoms. The standard InChI is InChI=1S/C60H55N/c1-57(2)30-31-58(3,4)54-36-46(27-29-52(54)57)61(45-25-20-41(21-26-45)48-15-9-8-14-47(48)40-12-6-5-7-13-40)44-23-18-39(19-24-44)42-22-28-50-49-16-10-11-17-51(49)60(53(50)34-42)55-33-38-32-43-35-56(60)59(43,55)37-38/h5-29,34,36,38,43,55-56H,30-33,35,37H2,1-4H3. The molecule has 4 fully saturated rings. The van der Waals surface area contributed by atoms with Crippen LogP contribution in [0.5, 0.6) is 0 Å². The van der Waals surface area contributed by atoms with Gasteiger partial charge in [-0.2, -0.15) is 0 Å². The van der Waals surface area contributed by atoms with Crippen molar-refractivity contribution in [2.24, 2.45) is 29.1 Å². The molecule has 1 heteroatoms. The third-order valence-corrected chi connectivity index (χ3v) is 17.6. The minimum absolute atomic E-state index is 0.116. The second kappa shape index (κ2) is 12.5. The maximum absolute atomic E-state index is 2.63. The zero-order chi connectivity index (χ0) is 40.9. The Morgan fingerprint density at radius 1 is 0.410 bits per heavy atom. The van der Waals surface area contributed by atoms with Crippen LogP contribution in [-0.4, -0.2) is 0 Å². The molecule has 0 aliphatic heterocycles. The lowest BCUT2D eigenvalue weighted by Gasteiger charge is -2.76. The van der Waals surface area contributed by atoms with Crippen molar-refractivity contribution in [3.8, 4) is 44.5 Å². The van der Waals surface area contributed by atoms with Gasteiger partial charge >= 0.3 is 0 Å². The molecule has 300 valence electrons. The molecule has 6 atom stereocenters. The summed E-state index contributed by atoms with van der Waals surface area (Å²) in [5.74, 6) is 3.60. The Labute approximate surface area is 362 Å². The van der Waals surface area contributed by atoms with Gasteiger partial charge in [0.05, 0.1) is 0 Å². The highest BCUT2D eigenvalue weighted by Gasteiger charge is 2.84. The summed E-state index contributed by atoms with van der Waals surface area (Å²) in [7, 11) is 0. The molecule has 2 spiro atoms. The lowest BCUT2D eigenvalue weighted by Crippen LogP contribution is -2.73. The van der Waals surface area contributed by atoms with Crippen LogP contribution < -0.4 is 4.90 Å². The van der Waals surface area contributed by atoms with Crippen molar-refractivity contribution in [3.05, 3.63) is 186 Å². The van der Waals surface area contributed by atoms with Crippen LogP contribution in [0.25, 0.3) is 44.5 Å². The molecule has 0 heterocycles. The average molecular weight is 790 g/mol. The fraction of sp³-hybridized carbons (Fsp3) is 0.300. The van der Waals surface area contributed by atoms with Crippen LogP contribution in [0.2, 0.25) is 0 Å². The molecule has 6 unspecified atom stereocenters. The summed E-state index contributed by atoms with van der Waals surface area (Å²) in [4.78, 5) is 2.49. The van der Waals surface area contributed by atoms with E-state index in [1.807, 2.05) is 0 Å². The van der Waals surface area contributed by atoms with Crippen LogP contribution in [0, 0.1) is 29.1 Å². The Morgan fingerprint density at radius 3 is 1.67 bits per heavy atom. The maximum atomic E-state index is 2.63. The molecule has 7 aromatic carbocycles. The van der Waals surface area contributed by atoms with E-state index in [1.54, 1.807) is 11.1 Å². The van der Waals surface area contributed by atoms with E-state index in [-0.39, 0.29) is 16.2 Å². The van der Waals surface area contributed by atoms with Gasteiger partial charge in [0, 0.05) is 22.5 Å². The highest BCUT2D eigenvalue weighted by Crippen LogP contribution is 2.89. The third-order valence-electron chi connectivity index (χ3n) is 17.6. The smallest absolute Gasteiger partial charge is 0.0464 e. The second-order valence-electron chi connectivity index (χ2n) is 21.2. The Hall–Kier alpha value is -5.66. The SMILES string of the molecule is CC1(C)CCC(C)(C)c2cc(N(c3ccc(-c4ccc5c(c4)C4(c6ccccc6-5)C5CC6CC7CC4C75C6)cc3)c3ccc(-c4ccccc4-c4ccccc4)cc3)ccc21. The molecule has 61 heavy (non-hydrogen) atoms. The first-order valence-corrected chi connectivity index (χ1v) is 23.2. The highest BCUT2D eigenvalue weighted by molar-refractivity contribution is 5.88. The van der Waals surface area contributed by atoms with Crippen LogP contribution in [0.4, 0.5) is 17.1 Å². The van der Waals surface area contributed by atoms with Gasteiger partial charge in [-0.25, -0.2) is 0 Å². The summed E-state index contributed by atoms with van der Waals surface area (Å²) >= 11 is 0. The lowest BCUT2D eigenvalue weighted by atomic mass is 9.27. The van der Waals surface area contributed by atoms with Gasteiger partial charge in [0.15, 0.2) is 0 Å². The van der Waals surface area contributed by atoms with Gasteiger partial charge < -0.3 is 4.90 Å². The number of hydrogen-bond donors (Lipinski definition) is 0. The summed E-state index contributed by atoms with van der Waals surface area (Å²) in [6.07, 6.45) is 8.29. The van der Waals surface area contributed by atoms with E-state index in [9.17, 15) is 0 Å². The van der Waals surface area contributed by atoms with Gasteiger partial charge in [-0.3, -0.25) is 0 Å². The van der Waals surface area contributed by atoms with E-state index >= 15 is 0 Å². The molecule has 0 radical (unpaired) electrons. The van der Waals surface area contributed by atoms with Gasteiger partial charge in [-0.1, -0.05) is 149 Å². The van der Waals surface area contributed by atoms with E-state index in [0.29, 0.717) is 5.41 Å². The molecular formula is C60H55N. The van der Waals surface area contributed by atoms with Crippen LogP contribution in [-0.2, 0) is 16.2 Å². The first-order chi connectivity index (χ1) is 29.7. The Bertz CT molecular complexity index is 2900. The van der Waals surface area contributed by atoms with Crippen LogP contribution in [0.15, 0.2) is 164 Å². The van der Waals surface area contributed by atoms with Crippen molar-refractivity contribution in [1.82, 2.24) is 0 Å². The van der Waals surface area contributed by atoms with Crippen LogP contribution in [0.3, 0.4) is 0 Å². The van der Waals surface area contributed by atoms with Crippen molar-refractivity contribution >= 4 is 17.1 Å². The van der Waals surface area contributed by atoms with Gasteiger partial charge in [0.2, 0.25) is 0 Å². The highest BCUT2D eigenvalue weighted by atomic mass is 15.1. The van der Waals surface area contributed by atoms with Crippen molar-refractivity contribution < 1.29 is 0 Å². The van der Waals surface area contributed by atoms with Gasteiger partial charge in [-0.15, -0.1) is 0 Å². The third kappa shape index (κ3) is 4.79. The summed E-state index contributed by atoms with van der Waals surface area (Å²) in [6, 6.07) is 62.6. The van der Waals surface area contributed by atoms with Crippen molar-refractivity contribution in [2.75, 3.05) is 4.90 Å². The zero-order valence-corrected chi connectivity index (χ0v) is 36.1. The Balaban J connectivity index is 0.899. The summed E-state index contributed by atoms with van der Waals surface area (Å²) in [6.45, 7) is 9.72. The molecule has 13 rings (SSSR count). The first kappa shape index (κ1) is 36.0. The van der Waals surface area contributed by atoms with E-state index in [1.165, 1.54) is 111 Å². The topological polar surface area (TPSA) is 3.24 Å². The number of hydrogen-bond acceptors (Lipinski definition) is 1. The molecule has 4 saturated carbocycles. The quantitative estimate of drug-likeness (QED) is 0.162. The van der Waals surface area contributed by atoms with Crippen molar-refractivity contribution in [3.63, 3.8) is 0 Å². The number of fused-ring (bicyclic) bond motifs is 9. The van der Waals surface area contributed by atoms with Crippen LogP contribution in [0.1, 0.15) is 88.5 Å². The largest absolute Gasteiger partial charge is 0.310 e. The van der Waals surface area contributed by atoms with Gasteiger partial charge in [0.25, 0.3) is 0 Å².